The summed E-state index contributed by atoms with van der Waals surface area (Å²) in [6, 6.07) is 4.23. The number of anilines is 1. The SMILES string of the molecule is CCCCN(C)C(=O)Nc1cccc(Cl)c1C(=O)O. The Morgan fingerprint density at radius 1 is 1.42 bits per heavy atom. The van der Waals surface area contributed by atoms with Gasteiger partial charge in [-0.15, -0.1) is 0 Å². The predicted molar refractivity (Wildman–Crippen MR) is 75.0 cm³/mol. The standard InChI is InChI=1S/C13H17ClN2O3/c1-3-4-8-16(2)13(19)15-10-7-5-6-9(14)11(10)12(17)18/h5-7H,3-4,8H2,1-2H3,(H,15,19)(H,17,18). The first-order valence-corrected chi connectivity index (χ1v) is 6.39. The highest BCUT2D eigenvalue weighted by atomic mass is 35.5. The molecule has 1 aromatic carbocycles. The zero-order valence-electron chi connectivity index (χ0n) is 10.9. The molecule has 0 saturated carbocycles. The van der Waals surface area contributed by atoms with Crippen LogP contribution in [-0.4, -0.2) is 35.6 Å². The van der Waals surface area contributed by atoms with Gasteiger partial charge in [0.2, 0.25) is 0 Å². The minimum absolute atomic E-state index is 0.0959. The highest BCUT2D eigenvalue weighted by molar-refractivity contribution is 6.34. The number of hydrogen-bond donors (Lipinski definition) is 2. The summed E-state index contributed by atoms with van der Waals surface area (Å²) < 4.78 is 0. The fourth-order valence-corrected chi connectivity index (χ4v) is 1.81. The van der Waals surface area contributed by atoms with Gasteiger partial charge in [0.05, 0.1) is 10.7 Å². The van der Waals surface area contributed by atoms with Gasteiger partial charge in [0, 0.05) is 13.6 Å². The zero-order valence-corrected chi connectivity index (χ0v) is 11.7. The summed E-state index contributed by atoms with van der Waals surface area (Å²) in [7, 11) is 1.66. The minimum Gasteiger partial charge on any atom is -0.478 e. The molecule has 0 spiro atoms. The van der Waals surface area contributed by atoms with Crippen LogP contribution in [0.25, 0.3) is 0 Å². The van der Waals surface area contributed by atoms with Gasteiger partial charge in [0.15, 0.2) is 0 Å². The Bertz CT molecular complexity index is 477. The molecule has 0 heterocycles. The number of hydrogen-bond acceptors (Lipinski definition) is 2. The van der Waals surface area contributed by atoms with Gasteiger partial charge in [-0.1, -0.05) is 31.0 Å². The largest absolute Gasteiger partial charge is 0.478 e. The van der Waals surface area contributed by atoms with Gasteiger partial charge in [0.1, 0.15) is 5.56 Å². The van der Waals surface area contributed by atoms with Crippen molar-refractivity contribution in [1.82, 2.24) is 4.90 Å². The molecule has 6 heteroatoms. The molecule has 0 atom stereocenters. The van der Waals surface area contributed by atoms with Crippen molar-refractivity contribution in [2.75, 3.05) is 18.9 Å². The first-order valence-electron chi connectivity index (χ1n) is 6.01. The summed E-state index contributed by atoms with van der Waals surface area (Å²) in [6.45, 7) is 2.65. The molecule has 1 aromatic rings. The Labute approximate surface area is 117 Å². The van der Waals surface area contributed by atoms with Crippen molar-refractivity contribution in [2.24, 2.45) is 0 Å². The second-order valence-electron chi connectivity index (χ2n) is 4.17. The molecule has 0 fully saturated rings. The molecule has 0 saturated heterocycles. The molecule has 0 aliphatic rings. The number of carboxylic acids is 1. The van der Waals surface area contributed by atoms with E-state index >= 15 is 0 Å². The van der Waals surface area contributed by atoms with Crippen molar-refractivity contribution < 1.29 is 14.7 Å². The second-order valence-corrected chi connectivity index (χ2v) is 4.58. The normalized spacial score (nSPS) is 10.1. The van der Waals surface area contributed by atoms with Crippen LogP contribution in [0.1, 0.15) is 30.1 Å². The lowest BCUT2D eigenvalue weighted by Gasteiger charge is -2.18. The number of amides is 2. The molecule has 2 amide bonds. The number of benzene rings is 1. The van der Waals surface area contributed by atoms with Crippen molar-refractivity contribution in [3.05, 3.63) is 28.8 Å². The van der Waals surface area contributed by atoms with Crippen LogP contribution >= 0.6 is 11.6 Å². The molecular formula is C13H17ClN2O3. The molecular weight excluding hydrogens is 268 g/mol. The number of unbranched alkanes of at least 4 members (excludes halogenated alkanes) is 1. The fraction of sp³-hybridized carbons (Fsp3) is 0.385. The summed E-state index contributed by atoms with van der Waals surface area (Å²) in [4.78, 5) is 24.5. The van der Waals surface area contributed by atoms with E-state index in [1.807, 2.05) is 6.92 Å². The lowest BCUT2D eigenvalue weighted by atomic mass is 10.2. The van der Waals surface area contributed by atoms with Crippen LogP contribution in [0.3, 0.4) is 0 Å². The van der Waals surface area contributed by atoms with Crippen molar-refractivity contribution in [3.8, 4) is 0 Å². The summed E-state index contributed by atoms with van der Waals surface area (Å²) in [6.07, 6.45) is 1.88. The summed E-state index contributed by atoms with van der Waals surface area (Å²) >= 11 is 5.83. The number of halogens is 1. The van der Waals surface area contributed by atoms with E-state index in [0.717, 1.165) is 12.8 Å². The van der Waals surface area contributed by atoms with Crippen LogP contribution in [0, 0.1) is 0 Å². The molecule has 19 heavy (non-hydrogen) atoms. The van der Waals surface area contributed by atoms with Gasteiger partial charge >= 0.3 is 12.0 Å². The smallest absolute Gasteiger partial charge is 0.339 e. The second kappa shape index (κ2) is 6.99. The predicted octanol–water partition coefficient (Wildman–Crippen LogP) is 3.30. The van der Waals surface area contributed by atoms with E-state index in [4.69, 9.17) is 16.7 Å². The Kier molecular flexibility index (Phi) is 5.63. The van der Waals surface area contributed by atoms with E-state index in [1.54, 1.807) is 13.1 Å². The Balaban J connectivity index is 2.85. The average Bonchev–Trinajstić information content (AvgIpc) is 2.35. The van der Waals surface area contributed by atoms with Crippen LogP contribution in [-0.2, 0) is 0 Å². The molecule has 0 unspecified atom stereocenters. The first-order chi connectivity index (χ1) is 8.97. The number of carbonyl (C=O) groups is 2. The number of rotatable bonds is 5. The van der Waals surface area contributed by atoms with E-state index in [9.17, 15) is 9.59 Å². The van der Waals surface area contributed by atoms with Gasteiger partial charge < -0.3 is 15.3 Å². The average molecular weight is 285 g/mol. The van der Waals surface area contributed by atoms with Crippen LogP contribution in [0.4, 0.5) is 10.5 Å². The topological polar surface area (TPSA) is 69.6 Å². The number of urea groups is 1. The van der Waals surface area contributed by atoms with Gasteiger partial charge in [-0.3, -0.25) is 0 Å². The van der Waals surface area contributed by atoms with Crippen molar-refractivity contribution >= 4 is 29.3 Å². The van der Waals surface area contributed by atoms with E-state index in [-0.39, 0.29) is 22.3 Å². The third-order valence-corrected chi connectivity index (χ3v) is 2.98. The molecule has 0 bridgehead atoms. The number of nitrogens with zero attached hydrogens (tertiary/aromatic N) is 1. The Morgan fingerprint density at radius 3 is 2.68 bits per heavy atom. The monoisotopic (exact) mass is 284 g/mol. The Morgan fingerprint density at radius 2 is 2.11 bits per heavy atom. The van der Waals surface area contributed by atoms with E-state index < -0.39 is 5.97 Å². The highest BCUT2D eigenvalue weighted by Crippen LogP contribution is 2.24. The number of carbonyl (C=O) groups excluding carboxylic acids is 1. The molecule has 0 aromatic heterocycles. The zero-order chi connectivity index (χ0) is 14.4. The van der Waals surface area contributed by atoms with Crippen molar-refractivity contribution in [1.29, 1.82) is 0 Å². The van der Waals surface area contributed by atoms with Crippen LogP contribution in [0.5, 0.6) is 0 Å². The minimum atomic E-state index is -1.17. The summed E-state index contributed by atoms with van der Waals surface area (Å²) in [5, 5.41) is 11.8. The molecule has 0 radical (unpaired) electrons. The molecule has 104 valence electrons. The van der Waals surface area contributed by atoms with Crippen LogP contribution in [0.15, 0.2) is 18.2 Å². The summed E-state index contributed by atoms with van der Waals surface area (Å²) in [5.74, 6) is -1.17. The van der Waals surface area contributed by atoms with Crippen LogP contribution < -0.4 is 5.32 Å². The molecule has 5 nitrogen and oxygen atoms in total. The molecule has 0 aliphatic heterocycles. The van der Waals surface area contributed by atoms with Gasteiger partial charge in [-0.2, -0.15) is 0 Å². The number of aromatic carboxylic acids is 1. The molecule has 2 N–H and O–H groups in total. The van der Waals surface area contributed by atoms with Crippen molar-refractivity contribution in [3.63, 3.8) is 0 Å². The maximum atomic E-state index is 11.9. The van der Waals surface area contributed by atoms with Gasteiger partial charge in [-0.25, -0.2) is 9.59 Å². The lowest BCUT2D eigenvalue weighted by molar-refractivity contribution is 0.0698. The number of carboxylic acid groups (broad SMARTS) is 1. The maximum absolute atomic E-state index is 11.9. The quantitative estimate of drug-likeness (QED) is 0.871. The molecule has 1 rings (SSSR count). The number of nitrogens with one attached hydrogen (secondary N) is 1. The third-order valence-electron chi connectivity index (χ3n) is 2.66. The van der Waals surface area contributed by atoms with E-state index in [2.05, 4.69) is 5.32 Å². The lowest BCUT2D eigenvalue weighted by Crippen LogP contribution is -2.32. The third kappa shape index (κ3) is 4.13. The highest BCUT2D eigenvalue weighted by Gasteiger charge is 2.17. The van der Waals surface area contributed by atoms with Gasteiger partial charge in [-0.05, 0) is 18.6 Å². The first kappa shape index (κ1) is 15.3. The van der Waals surface area contributed by atoms with E-state index in [1.165, 1.54) is 17.0 Å². The fourth-order valence-electron chi connectivity index (χ4n) is 1.55. The van der Waals surface area contributed by atoms with Gasteiger partial charge in [0.25, 0.3) is 0 Å². The van der Waals surface area contributed by atoms with Crippen LogP contribution in [0.2, 0.25) is 5.02 Å². The molecule has 0 aliphatic carbocycles. The maximum Gasteiger partial charge on any atom is 0.339 e. The Hall–Kier alpha value is -1.75. The van der Waals surface area contributed by atoms with Crippen molar-refractivity contribution in [2.45, 2.75) is 19.8 Å². The van der Waals surface area contributed by atoms with E-state index in [0.29, 0.717) is 6.54 Å². The summed E-state index contributed by atoms with van der Waals surface area (Å²) in [5.41, 5.74) is 0.106.